The van der Waals surface area contributed by atoms with Gasteiger partial charge < -0.3 is 15.4 Å². The number of amides is 4. The number of likely N-dealkylation sites (tertiary alicyclic amines) is 1. The number of benzene rings is 3. The van der Waals surface area contributed by atoms with E-state index in [1.54, 1.807) is 23.9 Å². The highest BCUT2D eigenvalue weighted by molar-refractivity contribution is 7.99. The van der Waals surface area contributed by atoms with E-state index in [1.807, 2.05) is 65.3 Å². The highest BCUT2D eigenvalue weighted by atomic mass is 32.2. The van der Waals surface area contributed by atoms with Gasteiger partial charge in [0.15, 0.2) is 5.65 Å². The normalized spacial score (nSPS) is 19.1. The number of rotatable bonds is 11. The summed E-state index contributed by atoms with van der Waals surface area (Å²) in [5.74, 6) is 0.691. The number of nitrogens with one attached hydrogen (secondary N) is 1. The highest BCUT2D eigenvalue weighted by Crippen LogP contribution is 2.37. The van der Waals surface area contributed by atoms with E-state index in [0.717, 1.165) is 94.7 Å². The molecule has 2 unspecified atom stereocenters. The zero-order valence-electron chi connectivity index (χ0n) is 28.9. The van der Waals surface area contributed by atoms with Gasteiger partial charge in [0, 0.05) is 23.4 Å². The maximum Gasteiger partial charge on any atom is 0.263 e. The maximum absolute atomic E-state index is 13.4. The number of thioether (sulfide) groups is 1. The summed E-state index contributed by atoms with van der Waals surface area (Å²) >= 11 is 1.55. The van der Waals surface area contributed by atoms with E-state index in [1.165, 1.54) is 6.33 Å². The lowest BCUT2D eigenvalue weighted by atomic mass is 10.0. The average Bonchev–Trinajstić information content (AvgIpc) is 3.68. The number of hydrogen-bond acceptors (Lipinski definition) is 11. The first-order valence-electron chi connectivity index (χ1n) is 17.9. The number of aromatic nitrogens is 4. The lowest BCUT2D eigenvalue weighted by Gasteiger charge is -2.33. The molecule has 13 nitrogen and oxygen atoms in total. The summed E-state index contributed by atoms with van der Waals surface area (Å²) in [4.78, 5) is 63.9. The average molecular weight is 731 g/mol. The molecule has 0 saturated carbocycles. The number of nitrogens with two attached hydrogens (primary N) is 1. The number of hydrogen-bond donors (Lipinski definition) is 2. The van der Waals surface area contributed by atoms with E-state index in [9.17, 15) is 19.2 Å². The lowest BCUT2D eigenvalue weighted by Crippen LogP contribution is -2.54. The molecule has 0 radical (unpaired) electrons. The van der Waals surface area contributed by atoms with Crippen molar-refractivity contribution in [3.8, 4) is 22.8 Å². The Bertz CT molecular complexity index is 2210. The fourth-order valence-electron chi connectivity index (χ4n) is 7.42. The largest absolute Gasteiger partial charge is 0.457 e. The van der Waals surface area contributed by atoms with Crippen LogP contribution in [-0.2, 0) is 9.59 Å². The fraction of sp³-hybridized carbons (Fsp3) is 0.308. The molecule has 0 spiro atoms. The summed E-state index contributed by atoms with van der Waals surface area (Å²) in [5, 5.41) is 8.08. The third kappa shape index (κ3) is 6.87. The zero-order chi connectivity index (χ0) is 36.5. The number of carbonyl (C=O) groups excluding carboxylic acids is 4. The molecule has 2 atom stereocenters. The van der Waals surface area contributed by atoms with Crippen molar-refractivity contribution >= 4 is 52.2 Å². The third-order valence-corrected chi connectivity index (χ3v) is 11.2. The van der Waals surface area contributed by atoms with Gasteiger partial charge in [-0.15, -0.1) is 11.8 Å². The highest BCUT2D eigenvalue weighted by Gasteiger charge is 2.45. The molecule has 4 amide bonds. The number of ether oxygens (including phenoxy) is 1. The Balaban J connectivity index is 0.892. The first-order valence-corrected chi connectivity index (χ1v) is 18.9. The van der Waals surface area contributed by atoms with E-state index >= 15 is 0 Å². The molecule has 2 aromatic heterocycles. The van der Waals surface area contributed by atoms with Crippen LogP contribution in [0.3, 0.4) is 0 Å². The van der Waals surface area contributed by atoms with Crippen LogP contribution in [0, 0.1) is 0 Å². The van der Waals surface area contributed by atoms with Gasteiger partial charge in [-0.2, -0.15) is 5.10 Å². The fourth-order valence-corrected chi connectivity index (χ4v) is 8.50. The molecule has 270 valence electrons. The molecule has 2 saturated heterocycles. The summed E-state index contributed by atoms with van der Waals surface area (Å²) < 4.78 is 8.01. The van der Waals surface area contributed by atoms with Crippen LogP contribution in [0.4, 0.5) is 5.82 Å². The third-order valence-electron chi connectivity index (χ3n) is 10.0. The molecule has 0 aliphatic carbocycles. The molecule has 53 heavy (non-hydrogen) atoms. The van der Waals surface area contributed by atoms with Crippen molar-refractivity contribution in [2.24, 2.45) is 0 Å². The van der Waals surface area contributed by atoms with Crippen molar-refractivity contribution in [2.75, 3.05) is 31.1 Å². The minimum atomic E-state index is -0.978. The molecule has 14 heteroatoms. The number of nitrogen functional groups attached to an aromatic ring is 1. The quantitative estimate of drug-likeness (QED) is 0.100. The van der Waals surface area contributed by atoms with Gasteiger partial charge in [-0.05, 0) is 99.5 Å². The van der Waals surface area contributed by atoms with Gasteiger partial charge in [0.05, 0.1) is 22.6 Å². The standard InChI is InChI=1S/C39H38N8O5S/c40-35-33-34(24-13-15-27(16-14-24)52-26-9-2-1-3-10-26)44-47(36(33)42-23-41-35)25-8-7-20-45(22-25)19-4-5-21-53-30-12-6-11-28-32(30)39(51)46(38(28)50)29-17-18-31(48)43-37(29)49/h1-3,6,9-16,23,25,29H,4-5,7-8,17-22H2,(H2,40,41,42)(H,43,48,49). The van der Waals surface area contributed by atoms with E-state index in [4.69, 9.17) is 15.6 Å². The van der Waals surface area contributed by atoms with Crippen molar-refractivity contribution < 1.29 is 23.9 Å². The Morgan fingerprint density at radius 1 is 0.887 bits per heavy atom. The van der Waals surface area contributed by atoms with Crippen LogP contribution >= 0.6 is 11.8 Å². The SMILES string of the molecule is Nc1ncnc2c1c(-c1ccc(Oc3ccccc3)cc1)nn2C1CCCN(CCCCSc2cccc3c2C(=O)N(C2CCC(=O)NC2=O)C3=O)C1. The van der Waals surface area contributed by atoms with Crippen LogP contribution in [0.15, 0.2) is 84.0 Å². The number of nitrogens with zero attached hydrogens (tertiary/aromatic N) is 6. The van der Waals surface area contributed by atoms with Crippen LogP contribution < -0.4 is 15.8 Å². The van der Waals surface area contributed by atoms with Crippen LogP contribution in [0.2, 0.25) is 0 Å². The van der Waals surface area contributed by atoms with E-state index in [-0.39, 0.29) is 18.9 Å². The number of imide groups is 2. The summed E-state index contributed by atoms with van der Waals surface area (Å²) in [6.07, 6.45) is 5.59. The van der Waals surface area contributed by atoms with Gasteiger partial charge in [-0.3, -0.25) is 29.4 Å². The molecule has 5 heterocycles. The number of anilines is 1. The van der Waals surface area contributed by atoms with Gasteiger partial charge in [-0.25, -0.2) is 14.6 Å². The summed E-state index contributed by atoms with van der Waals surface area (Å²) in [6.45, 7) is 2.74. The first-order chi connectivity index (χ1) is 25.9. The molecule has 3 aromatic carbocycles. The minimum absolute atomic E-state index is 0.0895. The number of unbranched alkanes of at least 4 members (excludes halogenated alkanes) is 1. The van der Waals surface area contributed by atoms with Crippen molar-refractivity contribution in [3.63, 3.8) is 0 Å². The summed E-state index contributed by atoms with van der Waals surface area (Å²) in [5.41, 5.74) is 9.44. The zero-order valence-corrected chi connectivity index (χ0v) is 29.8. The van der Waals surface area contributed by atoms with Gasteiger partial charge in [0.2, 0.25) is 11.8 Å². The van der Waals surface area contributed by atoms with Gasteiger partial charge in [-0.1, -0.05) is 24.3 Å². The molecule has 3 N–H and O–H groups in total. The molecule has 2 fully saturated rings. The molecule has 0 bridgehead atoms. The number of piperidine rings is 2. The van der Waals surface area contributed by atoms with Gasteiger partial charge in [0.1, 0.15) is 35.4 Å². The Morgan fingerprint density at radius 3 is 2.51 bits per heavy atom. The van der Waals surface area contributed by atoms with Crippen molar-refractivity contribution in [3.05, 3.63) is 90.3 Å². The second kappa shape index (κ2) is 14.8. The Morgan fingerprint density at radius 2 is 1.70 bits per heavy atom. The minimum Gasteiger partial charge on any atom is -0.457 e. The van der Waals surface area contributed by atoms with Crippen molar-refractivity contribution in [2.45, 2.75) is 55.5 Å². The Kier molecular flexibility index (Phi) is 9.63. The molecule has 5 aromatic rings. The Hall–Kier alpha value is -5.60. The Labute approximate surface area is 309 Å². The number of fused-ring (bicyclic) bond motifs is 2. The van der Waals surface area contributed by atoms with E-state index in [2.05, 4.69) is 20.2 Å². The predicted octanol–water partition coefficient (Wildman–Crippen LogP) is 5.48. The molecular formula is C39H38N8O5S. The monoisotopic (exact) mass is 730 g/mol. The molecule has 3 aliphatic heterocycles. The first kappa shape index (κ1) is 34.5. The van der Waals surface area contributed by atoms with Crippen LogP contribution in [0.1, 0.15) is 65.3 Å². The molecule has 8 rings (SSSR count). The van der Waals surface area contributed by atoms with Crippen LogP contribution in [0.25, 0.3) is 22.3 Å². The van der Waals surface area contributed by atoms with Gasteiger partial charge in [0.25, 0.3) is 11.8 Å². The predicted molar refractivity (Wildman–Crippen MR) is 199 cm³/mol. The second-order valence-corrected chi connectivity index (χ2v) is 14.6. The number of para-hydroxylation sites is 1. The van der Waals surface area contributed by atoms with E-state index < -0.39 is 29.7 Å². The van der Waals surface area contributed by atoms with E-state index in [0.29, 0.717) is 16.9 Å². The van der Waals surface area contributed by atoms with Crippen LogP contribution in [-0.4, -0.2) is 84.6 Å². The van der Waals surface area contributed by atoms with Crippen molar-refractivity contribution in [1.82, 2.24) is 34.9 Å². The lowest BCUT2D eigenvalue weighted by molar-refractivity contribution is -0.136. The van der Waals surface area contributed by atoms with Gasteiger partial charge >= 0.3 is 0 Å². The van der Waals surface area contributed by atoms with Crippen molar-refractivity contribution in [1.29, 1.82) is 0 Å². The smallest absolute Gasteiger partial charge is 0.263 e. The molecular weight excluding hydrogens is 693 g/mol. The number of carbonyl (C=O) groups is 4. The summed E-state index contributed by atoms with van der Waals surface area (Å²) in [6, 6.07) is 21.8. The molecule has 3 aliphatic rings. The topological polar surface area (TPSA) is 166 Å². The summed E-state index contributed by atoms with van der Waals surface area (Å²) in [7, 11) is 0. The second-order valence-electron chi connectivity index (χ2n) is 13.5. The van der Waals surface area contributed by atoms with Crippen LogP contribution in [0.5, 0.6) is 11.5 Å². The maximum atomic E-state index is 13.4.